The first kappa shape index (κ1) is 18.9. The summed E-state index contributed by atoms with van der Waals surface area (Å²) in [6.07, 6.45) is 1.07. The predicted octanol–water partition coefficient (Wildman–Crippen LogP) is 3.08. The Labute approximate surface area is 153 Å². The maximum Gasteiger partial charge on any atom is 0.313 e. The van der Waals surface area contributed by atoms with Gasteiger partial charge in [-0.1, -0.05) is 12.1 Å². The van der Waals surface area contributed by atoms with E-state index in [1.165, 1.54) is 24.3 Å². The zero-order chi connectivity index (χ0) is 19.4. The van der Waals surface area contributed by atoms with Crippen LogP contribution in [-0.4, -0.2) is 24.5 Å². The molecule has 8 heteroatoms. The summed E-state index contributed by atoms with van der Waals surface area (Å²) in [6, 6.07) is 7.31. The van der Waals surface area contributed by atoms with E-state index in [1.807, 2.05) is 5.32 Å². The second-order valence-corrected chi connectivity index (χ2v) is 6.13. The van der Waals surface area contributed by atoms with Gasteiger partial charge in [-0.15, -0.1) is 0 Å². The third-order valence-electron chi connectivity index (χ3n) is 4.24. The molecule has 27 heavy (non-hydrogen) atoms. The van der Waals surface area contributed by atoms with Crippen LogP contribution in [-0.2, 0) is 14.3 Å². The Morgan fingerprint density at radius 2 is 1.70 bits per heavy atom. The number of carbonyl (C=O) groups is 2. The smallest absolute Gasteiger partial charge is 0.313 e. The number of ether oxygens (including phenoxy) is 1. The predicted molar refractivity (Wildman–Crippen MR) is 91.2 cm³/mol. The second kappa shape index (κ2) is 8.22. The normalized spacial score (nSPS) is 17.4. The fourth-order valence-electron chi connectivity index (χ4n) is 2.91. The van der Waals surface area contributed by atoms with E-state index >= 15 is 0 Å². The Hall–Kier alpha value is -2.87. The number of benzene rings is 2. The maximum absolute atomic E-state index is 13.6. The van der Waals surface area contributed by atoms with Gasteiger partial charge in [-0.2, -0.15) is 0 Å². The molecule has 0 aromatic heterocycles. The number of halogens is 3. The first-order valence-electron chi connectivity index (χ1n) is 8.38. The van der Waals surface area contributed by atoms with Crippen LogP contribution in [0.25, 0.3) is 0 Å². The van der Waals surface area contributed by atoms with Crippen LogP contribution in [0.15, 0.2) is 42.5 Å². The molecule has 142 valence electrons. The summed E-state index contributed by atoms with van der Waals surface area (Å²) in [5.41, 5.74) is 0.131. The zero-order valence-corrected chi connectivity index (χ0v) is 14.2. The summed E-state index contributed by atoms with van der Waals surface area (Å²) in [7, 11) is 0. The van der Waals surface area contributed by atoms with Gasteiger partial charge in [0.1, 0.15) is 17.5 Å². The van der Waals surface area contributed by atoms with Crippen LogP contribution in [0.4, 0.5) is 18.9 Å². The summed E-state index contributed by atoms with van der Waals surface area (Å²) in [5, 5.41) is 4.57. The van der Waals surface area contributed by atoms with E-state index in [0.29, 0.717) is 18.6 Å². The van der Waals surface area contributed by atoms with E-state index in [0.717, 1.165) is 24.6 Å². The topological polar surface area (TPSA) is 67.4 Å². The summed E-state index contributed by atoms with van der Waals surface area (Å²) in [6.45, 7) is 0.513. The van der Waals surface area contributed by atoms with Crippen molar-refractivity contribution in [3.8, 4) is 0 Å². The lowest BCUT2D eigenvalue weighted by Crippen LogP contribution is -2.42. The van der Waals surface area contributed by atoms with Gasteiger partial charge in [-0.05, 0) is 42.7 Å². The van der Waals surface area contributed by atoms with E-state index in [1.54, 1.807) is 0 Å². The molecule has 2 atom stereocenters. The summed E-state index contributed by atoms with van der Waals surface area (Å²) >= 11 is 0. The molecule has 3 rings (SSSR count). The fourth-order valence-corrected chi connectivity index (χ4v) is 2.91. The molecule has 1 saturated heterocycles. The molecule has 1 heterocycles. The number of rotatable bonds is 4. The lowest BCUT2D eigenvalue weighted by molar-refractivity contribution is -0.137. The van der Waals surface area contributed by atoms with Gasteiger partial charge in [0.05, 0.1) is 17.8 Å². The molecule has 0 radical (unpaired) electrons. The van der Waals surface area contributed by atoms with Crippen LogP contribution in [0.3, 0.4) is 0 Å². The van der Waals surface area contributed by atoms with Crippen molar-refractivity contribution in [1.82, 2.24) is 5.32 Å². The molecule has 2 N–H and O–H groups in total. The Balaban J connectivity index is 1.74. The van der Waals surface area contributed by atoms with Crippen molar-refractivity contribution in [2.75, 3.05) is 11.9 Å². The fraction of sp³-hybridized carbons (Fsp3) is 0.263. The van der Waals surface area contributed by atoms with Crippen LogP contribution in [0.1, 0.15) is 24.4 Å². The first-order valence-corrected chi connectivity index (χ1v) is 8.38. The number of hydrogen-bond donors (Lipinski definition) is 2. The van der Waals surface area contributed by atoms with Gasteiger partial charge >= 0.3 is 11.8 Å². The van der Waals surface area contributed by atoms with Crippen molar-refractivity contribution in [2.45, 2.75) is 25.0 Å². The molecular formula is C19H17F3N2O3. The average Bonchev–Trinajstić information content (AvgIpc) is 3.18. The van der Waals surface area contributed by atoms with Crippen molar-refractivity contribution >= 4 is 17.5 Å². The van der Waals surface area contributed by atoms with Crippen LogP contribution in [0.2, 0.25) is 0 Å². The van der Waals surface area contributed by atoms with Gasteiger partial charge in [-0.25, -0.2) is 13.2 Å². The summed E-state index contributed by atoms with van der Waals surface area (Å²) < 4.78 is 45.6. The SMILES string of the molecule is O=C(Nc1cc(F)ccc1F)C(=O)N[C@H](c1ccc(F)cc1)[C@@H]1CCCO1. The van der Waals surface area contributed by atoms with Crippen molar-refractivity contribution < 1.29 is 27.5 Å². The lowest BCUT2D eigenvalue weighted by Gasteiger charge is -2.24. The Kier molecular flexibility index (Phi) is 5.75. The molecule has 2 amide bonds. The molecule has 1 aliphatic rings. The van der Waals surface area contributed by atoms with Crippen molar-refractivity contribution in [2.24, 2.45) is 0 Å². The number of amides is 2. The summed E-state index contributed by atoms with van der Waals surface area (Å²) in [4.78, 5) is 24.4. The third-order valence-corrected chi connectivity index (χ3v) is 4.24. The van der Waals surface area contributed by atoms with Gasteiger partial charge in [0.15, 0.2) is 0 Å². The number of hydrogen-bond acceptors (Lipinski definition) is 3. The maximum atomic E-state index is 13.6. The van der Waals surface area contributed by atoms with Crippen LogP contribution >= 0.6 is 0 Å². The highest BCUT2D eigenvalue weighted by molar-refractivity contribution is 6.39. The standard InChI is InChI=1S/C19H17F3N2O3/c20-12-5-3-11(4-6-12)17(16-2-1-9-27-16)24-19(26)18(25)23-15-10-13(21)7-8-14(15)22/h3-8,10,16-17H,1-2,9H2,(H,23,25)(H,24,26)/t16-,17+/m0/s1. The minimum Gasteiger partial charge on any atom is -0.376 e. The highest BCUT2D eigenvalue weighted by Gasteiger charge is 2.30. The third kappa shape index (κ3) is 4.65. The Morgan fingerprint density at radius 1 is 1.00 bits per heavy atom. The minimum absolute atomic E-state index is 0.377. The highest BCUT2D eigenvalue weighted by atomic mass is 19.1. The average molecular weight is 378 g/mol. The van der Waals surface area contributed by atoms with Crippen LogP contribution < -0.4 is 10.6 Å². The minimum atomic E-state index is -1.15. The van der Waals surface area contributed by atoms with Gasteiger partial charge in [0.25, 0.3) is 0 Å². The van der Waals surface area contributed by atoms with Crippen molar-refractivity contribution in [3.63, 3.8) is 0 Å². The Morgan fingerprint density at radius 3 is 2.37 bits per heavy atom. The first-order chi connectivity index (χ1) is 12.9. The van der Waals surface area contributed by atoms with Crippen LogP contribution in [0, 0.1) is 17.5 Å². The van der Waals surface area contributed by atoms with Gasteiger partial charge in [0, 0.05) is 12.7 Å². The van der Waals surface area contributed by atoms with Crippen LogP contribution in [0.5, 0.6) is 0 Å². The van der Waals surface area contributed by atoms with Crippen molar-refractivity contribution in [1.29, 1.82) is 0 Å². The molecule has 2 aromatic carbocycles. The molecule has 0 unspecified atom stereocenters. The van der Waals surface area contributed by atoms with Crippen molar-refractivity contribution in [3.05, 3.63) is 65.5 Å². The van der Waals surface area contributed by atoms with E-state index in [4.69, 9.17) is 4.74 Å². The van der Waals surface area contributed by atoms with Gasteiger partial charge in [-0.3, -0.25) is 9.59 Å². The molecule has 0 spiro atoms. The van der Waals surface area contributed by atoms with E-state index < -0.39 is 41.0 Å². The molecule has 1 fully saturated rings. The molecule has 2 aromatic rings. The van der Waals surface area contributed by atoms with Gasteiger partial charge < -0.3 is 15.4 Å². The number of anilines is 1. The second-order valence-electron chi connectivity index (χ2n) is 6.13. The highest BCUT2D eigenvalue weighted by Crippen LogP contribution is 2.27. The monoisotopic (exact) mass is 378 g/mol. The van der Waals surface area contributed by atoms with Gasteiger partial charge in [0.2, 0.25) is 0 Å². The summed E-state index contributed by atoms with van der Waals surface area (Å²) in [5.74, 6) is -4.24. The Bertz CT molecular complexity index is 837. The van der Waals surface area contributed by atoms with E-state index in [-0.39, 0.29) is 6.10 Å². The molecule has 0 aliphatic carbocycles. The van der Waals surface area contributed by atoms with E-state index in [2.05, 4.69) is 5.32 Å². The van der Waals surface area contributed by atoms with E-state index in [9.17, 15) is 22.8 Å². The quantitative estimate of drug-likeness (QED) is 0.804. The number of nitrogens with one attached hydrogen (secondary N) is 2. The largest absolute Gasteiger partial charge is 0.376 e. The number of carbonyl (C=O) groups excluding carboxylic acids is 2. The molecule has 1 aliphatic heterocycles. The molecule has 0 bridgehead atoms. The molecule has 0 saturated carbocycles. The zero-order valence-electron chi connectivity index (χ0n) is 14.2. The molecule has 5 nitrogen and oxygen atoms in total. The molecular weight excluding hydrogens is 361 g/mol. The lowest BCUT2D eigenvalue weighted by atomic mass is 9.99.